The predicted octanol–water partition coefficient (Wildman–Crippen LogP) is 3.48. The van der Waals surface area contributed by atoms with Crippen LogP contribution in [0.25, 0.3) is 0 Å². The van der Waals surface area contributed by atoms with Crippen LogP contribution < -0.4 is 5.32 Å². The van der Waals surface area contributed by atoms with E-state index in [1.54, 1.807) is 6.42 Å². The molecule has 4 fully saturated rings. The second kappa shape index (κ2) is 4.30. The molecule has 0 aromatic carbocycles. The zero-order chi connectivity index (χ0) is 13.1. The highest BCUT2D eigenvalue weighted by Gasteiger charge is 2.48. The molecule has 5 aliphatic carbocycles. The van der Waals surface area contributed by atoms with Crippen molar-refractivity contribution in [1.29, 1.82) is 0 Å². The average Bonchev–Trinajstić information content (AvgIpc) is 2.85. The summed E-state index contributed by atoms with van der Waals surface area (Å²) in [6, 6.07) is 5.68. The quantitative estimate of drug-likeness (QED) is 0.888. The van der Waals surface area contributed by atoms with E-state index in [0.29, 0.717) is 6.04 Å². The Morgan fingerprint density at radius 1 is 1.00 bits per heavy atom. The third kappa shape index (κ3) is 1.70. The molecule has 5 aliphatic rings. The highest BCUT2D eigenvalue weighted by atomic mass is 15.0. The van der Waals surface area contributed by atoms with Crippen LogP contribution in [0.2, 0.25) is 0 Å². The molecule has 1 N–H and O–H groups in total. The number of rotatable bonds is 2. The normalized spacial score (nSPS) is 44.8. The van der Waals surface area contributed by atoms with E-state index >= 15 is 0 Å². The minimum Gasteiger partial charge on any atom is -0.305 e. The van der Waals surface area contributed by atoms with Crippen LogP contribution in [-0.4, -0.2) is 11.0 Å². The maximum Gasteiger partial charge on any atom is 0.0605 e. The molecule has 1 heterocycles. The number of fused-ring (bicyclic) bond motifs is 1. The second-order valence-electron chi connectivity index (χ2n) is 7.76. The van der Waals surface area contributed by atoms with Gasteiger partial charge in [0.2, 0.25) is 0 Å². The van der Waals surface area contributed by atoms with E-state index in [1.807, 2.05) is 6.20 Å². The van der Waals surface area contributed by atoms with Crippen molar-refractivity contribution in [2.75, 3.05) is 0 Å². The number of aryl methyl sites for hydroxylation is 1. The van der Waals surface area contributed by atoms with E-state index in [2.05, 4.69) is 22.4 Å². The Labute approximate surface area is 121 Å². The summed E-state index contributed by atoms with van der Waals surface area (Å²) < 4.78 is 0. The van der Waals surface area contributed by atoms with E-state index in [1.165, 1.54) is 49.8 Å². The lowest BCUT2D eigenvalue weighted by Gasteiger charge is -2.55. The summed E-state index contributed by atoms with van der Waals surface area (Å²) in [7, 11) is 0. The van der Waals surface area contributed by atoms with Crippen LogP contribution in [0.1, 0.15) is 55.8 Å². The first-order valence-corrected chi connectivity index (χ1v) is 8.56. The number of nitrogens with zero attached hydrogens (tertiary/aromatic N) is 1. The van der Waals surface area contributed by atoms with Crippen molar-refractivity contribution in [3.05, 3.63) is 29.6 Å². The first kappa shape index (κ1) is 11.7. The predicted molar refractivity (Wildman–Crippen MR) is 79.3 cm³/mol. The van der Waals surface area contributed by atoms with Gasteiger partial charge >= 0.3 is 0 Å². The van der Waals surface area contributed by atoms with Crippen LogP contribution in [0.4, 0.5) is 0 Å². The van der Waals surface area contributed by atoms with Gasteiger partial charge in [0.05, 0.1) is 11.7 Å². The highest BCUT2D eigenvalue weighted by molar-refractivity contribution is 5.28. The van der Waals surface area contributed by atoms with Crippen molar-refractivity contribution in [3.8, 4) is 0 Å². The van der Waals surface area contributed by atoms with Gasteiger partial charge < -0.3 is 5.32 Å². The monoisotopic (exact) mass is 268 g/mol. The van der Waals surface area contributed by atoms with Gasteiger partial charge in [-0.2, -0.15) is 0 Å². The summed E-state index contributed by atoms with van der Waals surface area (Å²) in [5.74, 6) is 4.09. The number of pyridine rings is 1. The molecule has 0 aliphatic heterocycles. The SMILES string of the molecule is c1cnc2c(c1)CCC2NC1C2CC3CC(C2)CC1C3. The molecule has 20 heavy (non-hydrogen) atoms. The van der Waals surface area contributed by atoms with Gasteiger partial charge in [-0.15, -0.1) is 0 Å². The smallest absolute Gasteiger partial charge is 0.0605 e. The van der Waals surface area contributed by atoms with Gasteiger partial charge in [-0.3, -0.25) is 4.98 Å². The van der Waals surface area contributed by atoms with Crippen LogP contribution in [-0.2, 0) is 6.42 Å². The zero-order valence-electron chi connectivity index (χ0n) is 12.1. The lowest BCUT2D eigenvalue weighted by atomic mass is 9.54. The fraction of sp³-hybridized carbons (Fsp3) is 0.722. The molecule has 4 bridgehead atoms. The van der Waals surface area contributed by atoms with Crippen LogP contribution in [0.15, 0.2) is 18.3 Å². The highest BCUT2D eigenvalue weighted by Crippen LogP contribution is 2.54. The second-order valence-corrected chi connectivity index (χ2v) is 7.76. The zero-order valence-corrected chi connectivity index (χ0v) is 12.1. The van der Waals surface area contributed by atoms with Crippen molar-refractivity contribution in [2.24, 2.45) is 23.7 Å². The van der Waals surface area contributed by atoms with Crippen molar-refractivity contribution < 1.29 is 0 Å². The van der Waals surface area contributed by atoms with Crippen molar-refractivity contribution >= 4 is 0 Å². The Kier molecular flexibility index (Phi) is 2.52. The maximum absolute atomic E-state index is 4.66. The van der Waals surface area contributed by atoms with E-state index in [9.17, 15) is 0 Å². The molecular formula is C18H24N2. The van der Waals surface area contributed by atoms with Crippen LogP contribution >= 0.6 is 0 Å². The Hall–Kier alpha value is -0.890. The molecular weight excluding hydrogens is 244 g/mol. The minimum absolute atomic E-state index is 0.536. The summed E-state index contributed by atoms with van der Waals surface area (Å²) in [5, 5.41) is 4.05. The maximum atomic E-state index is 4.66. The summed E-state index contributed by atoms with van der Waals surface area (Å²) in [4.78, 5) is 4.66. The largest absolute Gasteiger partial charge is 0.305 e. The Morgan fingerprint density at radius 2 is 1.75 bits per heavy atom. The van der Waals surface area contributed by atoms with Gasteiger partial charge in [0, 0.05) is 12.2 Å². The third-order valence-electron chi connectivity index (χ3n) is 6.58. The molecule has 0 amide bonds. The minimum atomic E-state index is 0.536. The van der Waals surface area contributed by atoms with E-state index in [-0.39, 0.29) is 0 Å². The molecule has 2 heteroatoms. The first-order valence-electron chi connectivity index (χ1n) is 8.56. The van der Waals surface area contributed by atoms with Crippen molar-refractivity contribution in [1.82, 2.24) is 10.3 Å². The molecule has 1 aromatic rings. The third-order valence-corrected chi connectivity index (χ3v) is 6.58. The van der Waals surface area contributed by atoms with E-state index in [0.717, 1.165) is 29.7 Å². The molecule has 1 atom stereocenters. The lowest BCUT2D eigenvalue weighted by Crippen LogP contribution is -2.55. The summed E-state index contributed by atoms with van der Waals surface area (Å²) in [6.45, 7) is 0. The molecule has 1 aromatic heterocycles. The number of hydrogen-bond acceptors (Lipinski definition) is 2. The van der Waals surface area contributed by atoms with Gasteiger partial charge in [-0.25, -0.2) is 0 Å². The fourth-order valence-electron chi connectivity index (χ4n) is 6.00. The number of nitrogens with one attached hydrogen (secondary N) is 1. The van der Waals surface area contributed by atoms with Gasteiger partial charge in [-0.1, -0.05) is 6.07 Å². The van der Waals surface area contributed by atoms with Crippen LogP contribution in [0.5, 0.6) is 0 Å². The molecule has 1 unspecified atom stereocenters. The topological polar surface area (TPSA) is 24.9 Å². The fourth-order valence-corrected chi connectivity index (χ4v) is 6.00. The average molecular weight is 268 g/mol. The molecule has 6 rings (SSSR count). The summed E-state index contributed by atoms with van der Waals surface area (Å²) in [5.41, 5.74) is 2.83. The van der Waals surface area contributed by atoms with E-state index < -0.39 is 0 Å². The Bertz CT molecular complexity index is 496. The molecule has 0 spiro atoms. The Morgan fingerprint density at radius 3 is 2.50 bits per heavy atom. The molecule has 4 saturated carbocycles. The molecule has 106 valence electrons. The van der Waals surface area contributed by atoms with Crippen LogP contribution in [0.3, 0.4) is 0 Å². The Balaban J connectivity index is 1.38. The van der Waals surface area contributed by atoms with Gasteiger partial charge in [0.25, 0.3) is 0 Å². The number of aromatic nitrogens is 1. The molecule has 0 saturated heterocycles. The van der Waals surface area contributed by atoms with E-state index in [4.69, 9.17) is 0 Å². The van der Waals surface area contributed by atoms with Gasteiger partial charge in [0.1, 0.15) is 0 Å². The van der Waals surface area contributed by atoms with Gasteiger partial charge in [-0.05, 0) is 80.2 Å². The molecule has 2 nitrogen and oxygen atoms in total. The van der Waals surface area contributed by atoms with Crippen molar-refractivity contribution in [3.63, 3.8) is 0 Å². The van der Waals surface area contributed by atoms with Crippen molar-refractivity contribution in [2.45, 2.75) is 57.0 Å². The number of hydrogen-bond donors (Lipinski definition) is 1. The van der Waals surface area contributed by atoms with Gasteiger partial charge in [0.15, 0.2) is 0 Å². The van der Waals surface area contributed by atoms with Crippen LogP contribution in [0, 0.1) is 23.7 Å². The molecule has 0 radical (unpaired) electrons. The standard InChI is InChI=1S/C18H24N2/c1-2-13-3-4-16(18(13)19-5-1)20-17-14-7-11-6-12(9-14)10-15(17)8-11/h1-2,5,11-12,14-17,20H,3-4,6-10H2. The summed E-state index contributed by atoms with van der Waals surface area (Å²) >= 11 is 0. The lowest BCUT2D eigenvalue weighted by molar-refractivity contribution is -0.0179. The summed E-state index contributed by atoms with van der Waals surface area (Å²) in [6.07, 6.45) is 12.0. The first-order chi connectivity index (χ1) is 9.87.